The number of carbonyl (C=O) groups excluding carboxylic acids is 1. The van der Waals surface area contributed by atoms with Gasteiger partial charge in [0.1, 0.15) is 16.5 Å². The molecule has 1 fully saturated rings. The minimum atomic E-state index is -3.98. The molecular formula is C23H27ClN2O6S. The van der Waals surface area contributed by atoms with Gasteiger partial charge in [0.25, 0.3) is 10.0 Å². The second kappa shape index (κ2) is 9.87. The van der Waals surface area contributed by atoms with E-state index in [4.69, 9.17) is 25.8 Å². The summed E-state index contributed by atoms with van der Waals surface area (Å²) < 4.78 is 44.9. The molecule has 3 heterocycles. The van der Waals surface area contributed by atoms with Crippen LogP contribution in [0.3, 0.4) is 0 Å². The lowest BCUT2D eigenvalue weighted by atomic mass is 10.0. The fraction of sp³-hybridized carbons (Fsp3) is 0.478. The summed E-state index contributed by atoms with van der Waals surface area (Å²) in [5.41, 5.74) is 1.39. The summed E-state index contributed by atoms with van der Waals surface area (Å²) in [6.07, 6.45) is 4.59. The minimum absolute atomic E-state index is 0.0176. The van der Waals surface area contributed by atoms with Crippen molar-refractivity contribution in [2.24, 2.45) is 5.92 Å². The highest BCUT2D eigenvalue weighted by Crippen LogP contribution is 2.37. The van der Waals surface area contributed by atoms with Gasteiger partial charge in [-0.2, -0.15) is 0 Å². The molecule has 0 saturated carbocycles. The zero-order valence-electron chi connectivity index (χ0n) is 18.6. The minimum Gasteiger partial charge on any atom is -0.492 e. The highest BCUT2D eigenvalue weighted by atomic mass is 35.5. The first-order valence-corrected chi connectivity index (χ1v) is 12.7. The normalized spacial score (nSPS) is 19.1. The zero-order valence-corrected chi connectivity index (χ0v) is 20.2. The lowest BCUT2D eigenvalue weighted by molar-refractivity contribution is 0.0483. The van der Waals surface area contributed by atoms with E-state index in [0.717, 1.165) is 18.4 Å². The van der Waals surface area contributed by atoms with Crippen LogP contribution in [-0.4, -0.2) is 52.3 Å². The molecule has 10 heteroatoms. The number of aryl methyl sites for hydroxylation is 1. The fourth-order valence-electron chi connectivity index (χ4n) is 4.24. The van der Waals surface area contributed by atoms with Gasteiger partial charge in [0, 0.05) is 19.3 Å². The molecule has 0 aliphatic carbocycles. The predicted molar refractivity (Wildman–Crippen MR) is 124 cm³/mol. The van der Waals surface area contributed by atoms with Crippen molar-refractivity contribution >= 4 is 33.3 Å². The Hall–Kier alpha value is -2.36. The molecule has 4 rings (SSSR count). The Morgan fingerprint density at radius 2 is 2.00 bits per heavy atom. The molecule has 1 aromatic carbocycles. The summed E-state index contributed by atoms with van der Waals surface area (Å²) >= 11 is 6.02. The first kappa shape index (κ1) is 23.8. The van der Waals surface area contributed by atoms with Crippen LogP contribution in [0.2, 0.25) is 5.15 Å². The summed E-state index contributed by atoms with van der Waals surface area (Å²) in [7, 11) is -2.73. The molecule has 0 amide bonds. The Morgan fingerprint density at radius 1 is 1.24 bits per heavy atom. The van der Waals surface area contributed by atoms with Gasteiger partial charge in [0.2, 0.25) is 0 Å². The van der Waals surface area contributed by atoms with E-state index in [0.29, 0.717) is 55.2 Å². The number of hydrogen-bond donors (Lipinski definition) is 0. The summed E-state index contributed by atoms with van der Waals surface area (Å²) in [4.78, 5) is 16.6. The molecule has 2 aromatic rings. The third-order valence-electron chi connectivity index (χ3n) is 6.13. The number of carbonyl (C=O) groups is 1. The molecule has 0 radical (unpaired) electrons. The summed E-state index contributed by atoms with van der Waals surface area (Å²) in [5, 5.41) is 0.319. The van der Waals surface area contributed by atoms with Crippen LogP contribution in [0.5, 0.6) is 5.75 Å². The Morgan fingerprint density at radius 3 is 2.73 bits per heavy atom. The van der Waals surface area contributed by atoms with Crippen LogP contribution in [-0.2, 0) is 25.9 Å². The molecule has 1 atom stereocenters. The van der Waals surface area contributed by atoms with Crippen LogP contribution in [0.15, 0.2) is 35.4 Å². The largest absolute Gasteiger partial charge is 0.492 e. The van der Waals surface area contributed by atoms with Gasteiger partial charge in [0.05, 0.1) is 30.5 Å². The van der Waals surface area contributed by atoms with Crippen molar-refractivity contribution in [1.29, 1.82) is 0 Å². The van der Waals surface area contributed by atoms with Crippen molar-refractivity contribution in [3.8, 4) is 5.75 Å². The highest BCUT2D eigenvalue weighted by molar-refractivity contribution is 7.92. The molecule has 1 saturated heterocycles. The van der Waals surface area contributed by atoms with Crippen LogP contribution in [0, 0.1) is 5.92 Å². The van der Waals surface area contributed by atoms with E-state index in [1.165, 1.54) is 35.8 Å². The first-order chi connectivity index (χ1) is 15.8. The Kier molecular flexibility index (Phi) is 7.11. The standard InChI is InChI=1S/C23H27ClN2O6S/c1-15-3-4-17-11-22(24)25-13-20(17)26(15)33(28,29)18-5-6-21(19(12-18)23(27)30-2)32-14-16-7-9-31-10-8-16/h5-6,11-13,15-16H,3-4,7-10,14H2,1-2H3/t15-/m0/s1. The molecular weight excluding hydrogens is 468 g/mol. The Balaban J connectivity index is 1.67. The number of methoxy groups -OCH3 is 1. The third kappa shape index (κ3) is 4.95. The molecule has 0 unspecified atom stereocenters. The van der Waals surface area contributed by atoms with Gasteiger partial charge in [-0.1, -0.05) is 11.6 Å². The van der Waals surface area contributed by atoms with Crippen molar-refractivity contribution in [1.82, 2.24) is 4.98 Å². The molecule has 2 aliphatic heterocycles. The number of rotatable bonds is 6. The van der Waals surface area contributed by atoms with Crippen molar-refractivity contribution in [2.45, 2.75) is 43.5 Å². The van der Waals surface area contributed by atoms with Gasteiger partial charge >= 0.3 is 5.97 Å². The molecule has 8 nitrogen and oxygen atoms in total. The van der Waals surface area contributed by atoms with Crippen LogP contribution in [0.25, 0.3) is 0 Å². The molecule has 178 valence electrons. The van der Waals surface area contributed by atoms with E-state index in [2.05, 4.69) is 4.98 Å². The fourth-order valence-corrected chi connectivity index (χ4v) is 6.16. The Labute approximate surface area is 198 Å². The number of fused-ring (bicyclic) bond motifs is 1. The number of ether oxygens (including phenoxy) is 3. The van der Waals surface area contributed by atoms with Crippen LogP contribution < -0.4 is 9.04 Å². The number of anilines is 1. The number of sulfonamides is 1. The number of aromatic nitrogens is 1. The highest BCUT2D eigenvalue weighted by Gasteiger charge is 2.35. The second-order valence-electron chi connectivity index (χ2n) is 8.34. The van der Waals surface area contributed by atoms with Crippen molar-refractivity contribution in [2.75, 3.05) is 31.2 Å². The number of nitrogens with zero attached hydrogens (tertiary/aromatic N) is 2. The molecule has 1 aromatic heterocycles. The monoisotopic (exact) mass is 494 g/mol. The van der Waals surface area contributed by atoms with Gasteiger partial charge in [-0.15, -0.1) is 0 Å². The van der Waals surface area contributed by atoms with E-state index in [1.807, 2.05) is 6.92 Å². The summed E-state index contributed by atoms with van der Waals surface area (Å²) in [6.45, 7) is 3.64. The maximum absolute atomic E-state index is 13.7. The number of benzene rings is 1. The smallest absolute Gasteiger partial charge is 0.341 e. The van der Waals surface area contributed by atoms with E-state index in [1.54, 1.807) is 6.07 Å². The summed E-state index contributed by atoms with van der Waals surface area (Å²) in [5.74, 6) is -0.0416. The van der Waals surface area contributed by atoms with Gasteiger partial charge in [-0.3, -0.25) is 4.31 Å². The molecule has 0 bridgehead atoms. The SMILES string of the molecule is COC(=O)c1cc(S(=O)(=O)N2c3cnc(Cl)cc3CC[C@@H]2C)ccc1OCC1CCOCC1. The second-order valence-corrected chi connectivity index (χ2v) is 10.5. The van der Waals surface area contributed by atoms with Gasteiger partial charge < -0.3 is 14.2 Å². The topological polar surface area (TPSA) is 95.0 Å². The first-order valence-electron chi connectivity index (χ1n) is 10.9. The van der Waals surface area contributed by atoms with Crippen molar-refractivity contribution < 1.29 is 27.4 Å². The maximum atomic E-state index is 13.7. The van der Waals surface area contributed by atoms with Crippen molar-refractivity contribution in [3.63, 3.8) is 0 Å². The van der Waals surface area contributed by atoms with Crippen LogP contribution in [0.4, 0.5) is 5.69 Å². The van der Waals surface area contributed by atoms with E-state index in [-0.39, 0.29) is 16.5 Å². The van der Waals surface area contributed by atoms with E-state index in [9.17, 15) is 13.2 Å². The number of esters is 1. The molecule has 0 spiro atoms. The summed E-state index contributed by atoms with van der Waals surface area (Å²) in [6, 6.07) is 5.72. The van der Waals surface area contributed by atoms with Gasteiger partial charge in [-0.05, 0) is 68.4 Å². The lowest BCUT2D eigenvalue weighted by Crippen LogP contribution is -2.42. The zero-order chi connectivity index (χ0) is 23.6. The quantitative estimate of drug-likeness (QED) is 0.444. The van der Waals surface area contributed by atoms with Gasteiger partial charge in [0.15, 0.2) is 0 Å². The van der Waals surface area contributed by atoms with Crippen molar-refractivity contribution in [3.05, 3.63) is 46.7 Å². The molecule has 33 heavy (non-hydrogen) atoms. The maximum Gasteiger partial charge on any atom is 0.341 e. The third-order valence-corrected chi connectivity index (χ3v) is 8.26. The van der Waals surface area contributed by atoms with E-state index < -0.39 is 16.0 Å². The Bertz CT molecular complexity index is 1130. The average Bonchev–Trinajstić information content (AvgIpc) is 2.82. The number of halogens is 1. The average molecular weight is 495 g/mol. The van der Waals surface area contributed by atoms with E-state index >= 15 is 0 Å². The van der Waals surface area contributed by atoms with Crippen LogP contribution >= 0.6 is 11.6 Å². The van der Waals surface area contributed by atoms with Gasteiger partial charge in [-0.25, -0.2) is 18.2 Å². The molecule has 0 N–H and O–H groups in total. The van der Waals surface area contributed by atoms with Crippen LogP contribution in [0.1, 0.15) is 42.1 Å². The molecule has 2 aliphatic rings. The number of hydrogen-bond acceptors (Lipinski definition) is 7. The number of pyridine rings is 1. The predicted octanol–water partition coefficient (Wildman–Crippen LogP) is 3.86. The lowest BCUT2D eigenvalue weighted by Gasteiger charge is -2.35.